The number of phosphoric ester groups is 1. The number of nitrogens with zero attached hydrogens (tertiary/aromatic N) is 1. The molecule has 30 heavy (non-hydrogen) atoms. The van der Waals surface area contributed by atoms with Gasteiger partial charge in [-0.2, -0.15) is 4.39 Å². The zero-order chi connectivity index (χ0) is 22.6. The van der Waals surface area contributed by atoms with Crippen molar-refractivity contribution in [3.8, 4) is 5.75 Å². The molecule has 1 aromatic heterocycles. The van der Waals surface area contributed by atoms with Crippen LogP contribution in [0.2, 0.25) is 0 Å². The molecule has 10 nitrogen and oxygen atoms in total. The summed E-state index contributed by atoms with van der Waals surface area (Å²) in [6.07, 6.45) is -5.37. The van der Waals surface area contributed by atoms with Gasteiger partial charge in [-0.3, -0.25) is 23.4 Å². The number of hydrogen-bond donors (Lipinski definition) is 2. The maximum Gasteiger partial charge on any atom is 0.530 e. The minimum absolute atomic E-state index is 0.120. The van der Waals surface area contributed by atoms with Crippen molar-refractivity contribution < 1.29 is 38.1 Å². The van der Waals surface area contributed by atoms with Crippen molar-refractivity contribution in [1.82, 2.24) is 9.55 Å². The molecule has 2 N–H and O–H groups in total. The van der Waals surface area contributed by atoms with Crippen LogP contribution >= 0.6 is 7.82 Å². The van der Waals surface area contributed by atoms with Crippen LogP contribution in [0.1, 0.15) is 25.1 Å². The van der Waals surface area contributed by atoms with Crippen LogP contribution in [0, 0.1) is 12.7 Å². The lowest BCUT2D eigenvalue weighted by Crippen LogP contribution is -2.37. The van der Waals surface area contributed by atoms with E-state index in [1.54, 1.807) is 30.1 Å². The Morgan fingerprint density at radius 3 is 3.03 bits per heavy atom. The number of aromatic amines is 1. The van der Waals surface area contributed by atoms with Crippen molar-refractivity contribution in [2.24, 2.45) is 0 Å². The predicted octanol–water partition coefficient (Wildman–Crippen LogP) is 1.66. The third-order valence-corrected chi connectivity index (χ3v) is 5.82. The standard InChI is InChI=1S/C17H17F2N2O8P/c1-9-3-2-4-10-7-26-30(25,29-13(9)10)27-8-17(19)5-12(22)15(28-17)21-6-11(18)14(23)20-16(21)24/h2-4,6,12,15,22H,5,7-8H2,1H3,(H,20,23,24)/t12-,15-,17+,30?/m1/s1/i15D. The van der Waals surface area contributed by atoms with Gasteiger partial charge >= 0.3 is 13.5 Å². The number of rotatable bonds is 4. The van der Waals surface area contributed by atoms with Crippen LogP contribution < -0.4 is 15.8 Å². The molecular formula is C17H17F2N2O8P. The number of halogens is 2. The van der Waals surface area contributed by atoms with Crippen LogP contribution in [0.3, 0.4) is 0 Å². The molecular weight excluding hydrogens is 429 g/mol. The minimum atomic E-state index is -4.26. The summed E-state index contributed by atoms with van der Waals surface area (Å²) in [7, 11) is -4.26. The zero-order valence-electron chi connectivity index (χ0n) is 16.5. The molecule has 0 amide bonds. The highest BCUT2D eigenvalue weighted by atomic mass is 31.2. The first kappa shape index (κ1) is 19.6. The Morgan fingerprint density at radius 1 is 1.50 bits per heavy atom. The van der Waals surface area contributed by atoms with Gasteiger partial charge in [-0.25, -0.2) is 13.8 Å². The first-order valence-corrected chi connectivity index (χ1v) is 10.2. The molecule has 13 heteroatoms. The normalized spacial score (nSPS) is 33.6. The van der Waals surface area contributed by atoms with Crippen molar-refractivity contribution in [3.63, 3.8) is 0 Å². The van der Waals surface area contributed by atoms with Gasteiger partial charge in [-0.05, 0) is 12.5 Å². The summed E-state index contributed by atoms with van der Waals surface area (Å²) in [6.45, 7) is 0.492. The molecule has 0 bridgehead atoms. The summed E-state index contributed by atoms with van der Waals surface area (Å²) in [6, 6.07) is 5.14. The number of benzene rings is 1. The molecule has 0 aliphatic carbocycles. The molecule has 0 spiro atoms. The third-order valence-electron chi connectivity index (χ3n) is 4.52. The number of aliphatic hydroxyl groups is 1. The molecule has 2 aromatic rings. The lowest BCUT2D eigenvalue weighted by molar-refractivity contribution is -0.179. The summed E-state index contributed by atoms with van der Waals surface area (Å²) in [4.78, 5) is 24.7. The number of aryl methyl sites for hydroxylation is 1. The smallest absolute Gasteiger partial charge is 0.403 e. The van der Waals surface area contributed by atoms with Crippen molar-refractivity contribution in [3.05, 3.63) is 62.2 Å². The number of aliphatic hydroxyl groups excluding tert-OH is 1. The monoisotopic (exact) mass is 447 g/mol. The topological polar surface area (TPSA) is 129 Å². The van der Waals surface area contributed by atoms with Gasteiger partial charge in [0.1, 0.15) is 18.5 Å². The van der Waals surface area contributed by atoms with Crippen LogP contribution in [0.5, 0.6) is 5.75 Å². The first-order chi connectivity index (χ1) is 14.4. The highest BCUT2D eigenvalue weighted by molar-refractivity contribution is 7.49. The Labute approximate surface area is 169 Å². The SMILES string of the molecule is [2H][C@@]1(n2cc(F)c(=O)[nH]c2=O)O[C@](F)(COP2(=O)OCc3cccc(C)c3O2)C[C@H]1O. The molecule has 1 unspecified atom stereocenters. The van der Waals surface area contributed by atoms with E-state index in [2.05, 4.69) is 0 Å². The van der Waals surface area contributed by atoms with E-state index >= 15 is 4.39 Å². The van der Waals surface area contributed by atoms with E-state index in [-0.39, 0.29) is 16.9 Å². The number of hydrogen-bond acceptors (Lipinski definition) is 8. The van der Waals surface area contributed by atoms with E-state index in [1.165, 1.54) is 0 Å². The van der Waals surface area contributed by atoms with Gasteiger partial charge in [0.2, 0.25) is 11.7 Å². The van der Waals surface area contributed by atoms with E-state index < -0.39 is 56.1 Å². The van der Waals surface area contributed by atoms with E-state index in [1.807, 2.05) is 0 Å². The number of ether oxygens (including phenoxy) is 1. The number of nitrogens with one attached hydrogen (secondary N) is 1. The molecule has 162 valence electrons. The summed E-state index contributed by atoms with van der Waals surface area (Å²) < 4.78 is 70.2. The molecule has 0 saturated carbocycles. The van der Waals surface area contributed by atoms with Crippen LogP contribution in [-0.4, -0.2) is 33.2 Å². The van der Waals surface area contributed by atoms with Crippen molar-refractivity contribution in [1.29, 1.82) is 0 Å². The Morgan fingerprint density at radius 2 is 2.27 bits per heavy atom. The van der Waals surface area contributed by atoms with Gasteiger partial charge in [0, 0.05) is 12.0 Å². The fraction of sp³-hybridized carbons (Fsp3) is 0.412. The number of aromatic nitrogens is 2. The third kappa shape index (κ3) is 3.84. The second-order valence-corrected chi connectivity index (χ2v) is 8.39. The Balaban J connectivity index is 1.54. The molecule has 2 aliphatic heterocycles. The molecule has 1 fully saturated rings. The average molecular weight is 447 g/mol. The number of phosphoric acid groups is 1. The maximum absolute atomic E-state index is 15.2. The van der Waals surface area contributed by atoms with Crippen LogP contribution in [0.25, 0.3) is 0 Å². The Hall–Kier alpha value is -2.37. The maximum atomic E-state index is 15.2. The minimum Gasteiger partial charge on any atom is -0.403 e. The lowest BCUT2D eigenvalue weighted by atomic mass is 10.1. The van der Waals surface area contributed by atoms with Gasteiger partial charge in [0.05, 0.1) is 14.2 Å². The Bertz CT molecular complexity index is 1210. The number of para-hydroxylation sites is 1. The summed E-state index contributed by atoms with van der Waals surface area (Å²) >= 11 is 0. The van der Waals surface area contributed by atoms with Gasteiger partial charge in [-0.15, -0.1) is 0 Å². The van der Waals surface area contributed by atoms with Gasteiger partial charge in [0.15, 0.2) is 6.20 Å². The fourth-order valence-corrected chi connectivity index (χ4v) is 4.38. The second-order valence-electron chi connectivity index (χ2n) is 6.80. The molecule has 4 rings (SSSR count). The fourth-order valence-electron chi connectivity index (χ4n) is 3.07. The van der Waals surface area contributed by atoms with Gasteiger partial charge < -0.3 is 14.4 Å². The van der Waals surface area contributed by atoms with Crippen LogP contribution in [0.4, 0.5) is 8.78 Å². The first-order valence-electron chi connectivity index (χ1n) is 9.21. The van der Waals surface area contributed by atoms with Crippen molar-refractivity contribution >= 4 is 7.82 Å². The van der Waals surface area contributed by atoms with E-state index in [0.29, 0.717) is 17.3 Å². The predicted molar refractivity (Wildman–Crippen MR) is 96.0 cm³/mol. The molecule has 1 aromatic carbocycles. The number of alkyl halides is 1. The number of fused-ring (bicyclic) bond motifs is 1. The van der Waals surface area contributed by atoms with Gasteiger partial charge in [-0.1, -0.05) is 18.2 Å². The number of H-pyrrole nitrogens is 1. The highest BCUT2D eigenvalue weighted by Crippen LogP contribution is 2.56. The second kappa shape index (κ2) is 7.40. The quantitative estimate of drug-likeness (QED) is 0.678. The average Bonchev–Trinajstić information content (AvgIpc) is 2.94. The summed E-state index contributed by atoms with van der Waals surface area (Å²) in [5.74, 6) is -4.09. The molecule has 0 radical (unpaired) electrons. The molecule has 4 atom stereocenters. The Kier molecular flexibility index (Phi) is 4.83. The van der Waals surface area contributed by atoms with E-state index in [4.69, 9.17) is 19.7 Å². The van der Waals surface area contributed by atoms with Crippen molar-refractivity contribution in [2.75, 3.05) is 6.61 Å². The van der Waals surface area contributed by atoms with Crippen LogP contribution in [0.15, 0.2) is 34.0 Å². The lowest BCUT2D eigenvalue weighted by Gasteiger charge is -2.28. The largest absolute Gasteiger partial charge is 0.530 e. The van der Waals surface area contributed by atoms with E-state index in [9.17, 15) is 23.7 Å². The molecule has 3 heterocycles. The zero-order valence-corrected chi connectivity index (χ0v) is 16.4. The summed E-state index contributed by atoms with van der Waals surface area (Å²) in [5.41, 5.74) is -1.39. The molecule has 2 aliphatic rings. The van der Waals surface area contributed by atoms with Crippen LogP contribution in [-0.2, 0) is 25.0 Å². The van der Waals surface area contributed by atoms with Crippen molar-refractivity contribution in [2.45, 2.75) is 38.1 Å². The summed E-state index contributed by atoms with van der Waals surface area (Å²) in [5, 5.41) is 10.2. The van der Waals surface area contributed by atoms with E-state index in [0.717, 1.165) is 0 Å². The van der Waals surface area contributed by atoms with Gasteiger partial charge in [0.25, 0.3) is 5.56 Å². The highest BCUT2D eigenvalue weighted by Gasteiger charge is 2.50. The molecule has 1 saturated heterocycles.